The van der Waals surface area contributed by atoms with Gasteiger partial charge in [0.1, 0.15) is 11.6 Å². The third-order valence-electron chi connectivity index (χ3n) is 7.76. The second-order valence-corrected chi connectivity index (χ2v) is 12.7. The van der Waals surface area contributed by atoms with Crippen molar-refractivity contribution in [3.63, 3.8) is 0 Å². The van der Waals surface area contributed by atoms with Crippen molar-refractivity contribution in [2.24, 2.45) is 5.92 Å². The molecule has 1 fully saturated rings. The van der Waals surface area contributed by atoms with E-state index >= 15 is 0 Å². The summed E-state index contributed by atoms with van der Waals surface area (Å²) in [6, 6.07) is 15.3. The Morgan fingerprint density at radius 2 is 1.67 bits per heavy atom. The number of hydrogen-bond acceptors (Lipinski definition) is 7. The van der Waals surface area contributed by atoms with E-state index in [1.54, 1.807) is 30.5 Å². The number of para-hydroxylation sites is 1. The van der Waals surface area contributed by atoms with Gasteiger partial charge < -0.3 is 10.4 Å². The van der Waals surface area contributed by atoms with Gasteiger partial charge in [-0.2, -0.15) is 4.98 Å². The van der Waals surface area contributed by atoms with Crippen LogP contribution in [0.15, 0.2) is 75.4 Å². The van der Waals surface area contributed by atoms with Crippen molar-refractivity contribution >= 4 is 21.6 Å². The third kappa shape index (κ3) is 6.10. The van der Waals surface area contributed by atoms with Crippen molar-refractivity contribution in [3.8, 4) is 22.7 Å². The van der Waals surface area contributed by atoms with Crippen LogP contribution in [0.5, 0.6) is 5.88 Å². The molecular formula is C33H36N4O5S. The number of nitrogens with one attached hydrogen (secondary N) is 1. The molecule has 2 N–H and O–H groups in total. The Labute approximate surface area is 251 Å². The summed E-state index contributed by atoms with van der Waals surface area (Å²) in [6.45, 7) is 5.98. The lowest BCUT2D eigenvalue weighted by molar-refractivity contribution is -0.117. The summed E-state index contributed by atoms with van der Waals surface area (Å²) in [5.41, 5.74) is 3.03. The highest BCUT2D eigenvalue weighted by Gasteiger charge is 2.31. The predicted octanol–water partition coefficient (Wildman–Crippen LogP) is 5.65. The van der Waals surface area contributed by atoms with Gasteiger partial charge in [0.15, 0.2) is 4.90 Å². The molecule has 2 aromatic carbocycles. The highest BCUT2D eigenvalue weighted by molar-refractivity contribution is 7.91. The molecule has 0 saturated heterocycles. The maximum atomic E-state index is 14.1. The van der Waals surface area contributed by atoms with Gasteiger partial charge in [0.2, 0.25) is 21.6 Å². The number of anilines is 1. The molecule has 0 atom stereocenters. The molecule has 0 spiro atoms. The highest BCUT2D eigenvalue weighted by Crippen LogP contribution is 2.32. The molecule has 5 rings (SSSR count). The van der Waals surface area contributed by atoms with Crippen LogP contribution in [-0.4, -0.2) is 34.0 Å². The monoisotopic (exact) mass is 600 g/mol. The number of unbranched alkanes of at least 4 members (excludes halogenated alkanes) is 1. The molecule has 1 aliphatic rings. The van der Waals surface area contributed by atoms with Gasteiger partial charge in [0, 0.05) is 18.5 Å². The van der Waals surface area contributed by atoms with E-state index in [-0.39, 0.29) is 16.7 Å². The Bertz CT molecular complexity index is 1810. The van der Waals surface area contributed by atoms with Crippen LogP contribution in [0.4, 0.5) is 5.82 Å². The summed E-state index contributed by atoms with van der Waals surface area (Å²) in [5.74, 6) is -0.0663. The van der Waals surface area contributed by atoms with Gasteiger partial charge in [-0.15, -0.1) is 0 Å². The molecule has 0 aliphatic heterocycles. The van der Waals surface area contributed by atoms with Crippen molar-refractivity contribution in [2.45, 2.75) is 75.5 Å². The van der Waals surface area contributed by atoms with E-state index in [2.05, 4.69) is 15.3 Å². The fourth-order valence-electron chi connectivity index (χ4n) is 5.20. The van der Waals surface area contributed by atoms with Gasteiger partial charge in [-0.05, 0) is 78.6 Å². The minimum Gasteiger partial charge on any atom is -0.492 e. The van der Waals surface area contributed by atoms with Crippen LogP contribution in [0.3, 0.4) is 0 Å². The Morgan fingerprint density at radius 1 is 1.00 bits per heavy atom. The van der Waals surface area contributed by atoms with Crippen LogP contribution >= 0.6 is 0 Å². The van der Waals surface area contributed by atoms with Crippen molar-refractivity contribution in [1.82, 2.24) is 14.5 Å². The lowest BCUT2D eigenvalue weighted by atomic mass is 10.0. The predicted molar refractivity (Wildman–Crippen MR) is 165 cm³/mol. The molecule has 1 saturated carbocycles. The number of carbonyl (C=O) groups excluding carboxylic acids is 1. The first kappa shape index (κ1) is 30.2. The molecule has 2 heterocycles. The molecule has 43 heavy (non-hydrogen) atoms. The van der Waals surface area contributed by atoms with Crippen molar-refractivity contribution in [2.75, 3.05) is 5.32 Å². The summed E-state index contributed by atoms with van der Waals surface area (Å²) in [6.07, 6.45) is 6.57. The van der Waals surface area contributed by atoms with Crippen LogP contribution in [0.1, 0.15) is 63.4 Å². The number of aryl methyl sites for hydroxylation is 3. The van der Waals surface area contributed by atoms with Crippen LogP contribution in [-0.2, 0) is 33.9 Å². The minimum atomic E-state index is -4.45. The first-order valence-corrected chi connectivity index (χ1v) is 16.3. The van der Waals surface area contributed by atoms with Crippen LogP contribution in [0.2, 0.25) is 0 Å². The quantitative estimate of drug-likeness (QED) is 0.227. The van der Waals surface area contributed by atoms with E-state index in [1.165, 1.54) is 16.7 Å². The second kappa shape index (κ2) is 12.5. The smallest absolute Gasteiger partial charge is 0.281 e. The van der Waals surface area contributed by atoms with Gasteiger partial charge >= 0.3 is 0 Å². The Hall–Kier alpha value is -4.31. The van der Waals surface area contributed by atoms with Gasteiger partial charge in [0.05, 0.1) is 10.6 Å². The molecule has 1 amide bonds. The van der Waals surface area contributed by atoms with E-state index in [0.717, 1.165) is 42.4 Å². The number of pyridine rings is 1. The lowest BCUT2D eigenvalue weighted by Crippen LogP contribution is -2.30. The number of aromatic nitrogens is 3. The summed E-state index contributed by atoms with van der Waals surface area (Å²) in [4.78, 5) is 33.9. The maximum absolute atomic E-state index is 14.1. The Balaban J connectivity index is 1.57. The molecule has 10 heteroatoms. The van der Waals surface area contributed by atoms with E-state index in [1.807, 2.05) is 39.0 Å². The van der Waals surface area contributed by atoms with E-state index in [4.69, 9.17) is 0 Å². The second-order valence-electron chi connectivity index (χ2n) is 10.8. The fourth-order valence-corrected chi connectivity index (χ4v) is 6.54. The number of rotatable bonds is 11. The Kier molecular flexibility index (Phi) is 8.77. The van der Waals surface area contributed by atoms with E-state index in [9.17, 15) is 23.1 Å². The fraction of sp³-hybridized carbons (Fsp3) is 0.333. The van der Waals surface area contributed by atoms with E-state index in [0.29, 0.717) is 42.2 Å². The number of benzene rings is 2. The topological polar surface area (TPSA) is 131 Å². The van der Waals surface area contributed by atoms with Crippen molar-refractivity contribution in [1.29, 1.82) is 0 Å². The number of sulfone groups is 1. The molecule has 0 radical (unpaired) electrons. The lowest BCUT2D eigenvalue weighted by Gasteiger charge is -2.20. The normalized spacial score (nSPS) is 13.2. The largest absolute Gasteiger partial charge is 0.492 e. The molecule has 0 unspecified atom stereocenters. The summed E-state index contributed by atoms with van der Waals surface area (Å²) in [7, 11) is -4.45. The molecular weight excluding hydrogens is 564 g/mol. The SMILES string of the molecule is CCCCc1nc(O)c(S(=O)(=O)c2ccc(-c3ccnc(NC(=O)C4CC4)c3)cc2)c(=O)n1-c1c(CC)cccc1CC. The van der Waals surface area contributed by atoms with Crippen LogP contribution < -0.4 is 10.9 Å². The van der Waals surface area contributed by atoms with Crippen LogP contribution in [0, 0.1) is 5.92 Å². The van der Waals surface area contributed by atoms with Crippen molar-refractivity contribution in [3.05, 3.63) is 88.1 Å². The zero-order valence-corrected chi connectivity index (χ0v) is 25.4. The highest BCUT2D eigenvalue weighted by atomic mass is 32.2. The first-order chi connectivity index (χ1) is 20.7. The molecule has 224 valence electrons. The molecule has 2 aromatic heterocycles. The van der Waals surface area contributed by atoms with Gasteiger partial charge in [-0.25, -0.2) is 13.4 Å². The maximum Gasteiger partial charge on any atom is 0.281 e. The zero-order chi connectivity index (χ0) is 30.7. The zero-order valence-electron chi connectivity index (χ0n) is 24.6. The van der Waals surface area contributed by atoms with Gasteiger partial charge in [0.25, 0.3) is 5.56 Å². The molecule has 9 nitrogen and oxygen atoms in total. The first-order valence-electron chi connectivity index (χ1n) is 14.8. The summed E-state index contributed by atoms with van der Waals surface area (Å²) >= 11 is 0. The minimum absolute atomic E-state index is 0.0372. The number of carbonyl (C=O) groups is 1. The van der Waals surface area contributed by atoms with Crippen molar-refractivity contribution < 1.29 is 18.3 Å². The average Bonchev–Trinajstić information content (AvgIpc) is 3.86. The summed E-state index contributed by atoms with van der Waals surface area (Å²) < 4.78 is 29.2. The van der Waals surface area contributed by atoms with Gasteiger partial charge in [-0.3, -0.25) is 14.2 Å². The standard InChI is InChI=1S/C33H36N4O5S/c1-4-7-11-28-36-32(39)30(33(40)37(28)29-21(5-2)9-8-10-22(29)6-3)43(41,42)26-16-14-23(15-17-26)25-18-19-34-27(20-25)35-31(38)24-12-13-24/h8-10,14-20,24,39H,4-7,11-13H2,1-3H3,(H,34,35,38). The number of aromatic hydroxyl groups is 1. The molecule has 1 aliphatic carbocycles. The third-order valence-corrected chi connectivity index (χ3v) is 9.55. The average molecular weight is 601 g/mol. The van der Waals surface area contributed by atoms with Gasteiger partial charge in [-0.1, -0.05) is 57.5 Å². The molecule has 4 aromatic rings. The van der Waals surface area contributed by atoms with Crippen LogP contribution in [0.25, 0.3) is 16.8 Å². The molecule has 0 bridgehead atoms. The summed E-state index contributed by atoms with van der Waals surface area (Å²) in [5, 5.41) is 13.7. The number of hydrogen-bond donors (Lipinski definition) is 2. The number of nitrogens with zero attached hydrogens (tertiary/aromatic N) is 3. The van der Waals surface area contributed by atoms with E-state index < -0.39 is 26.2 Å². The Morgan fingerprint density at radius 3 is 2.28 bits per heavy atom. The number of amides is 1.